The van der Waals surface area contributed by atoms with Crippen molar-refractivity contribution >= 4 is 34.4 Å². The number of rotatable bonds is 11. The first kappa shape index (κ1) is 43.5. The van der Waals surface area contributed by atoms with Gasteiger partial charge in [-0.05, 0) is 152 Å². The van der Waals surface area contributed by atoms with Crippen LogP contribution in [0.5, 0.6) is 0 Å². The van der Waals surface area contributed by atoms with E-state index in [4.69, 9.17) is 15.0 Å². The highest BCUT2D eigenvalue weighted by molar-refractivity contribution is 5.86. The van der Waals surface area contributed by atoms with E-state index in [-0.39, 0.29) is 0 Å². The third-order valence-corrected chi connectivity index (χ3v) is 12.6. The summed E-state index contributed by atoms with van der Waals surface area (Å²) in [5.41, 5.74) is 21.1. The molecule has 9 aromatic carbocycles. The van der Waals surface area contributed by atoms with Crippen LogP contribution < -0.4 is 9.80 Å². The lowest BCUT2D eigenvalue weighted by Gasteiger charge is -2.32. The fraction of sp³-hybridized carbons (Fsp3) is 0.0952. The molecule has 0 aliphatic heterocycles. The van der Waals surface area contributed by atoms with Gasteiger partial charge in [-0.2, -0.15) is 9.97 Å². The highest BCUT2D eigenvalue weighted by Gasteiger charge is 2.24. The number of aryl methyl sites for hydroxylation is 6. The number of hydrogen-bond acceptors (Lipinski definition) is 5. The Labute approximate surface area is 400 Å². The van der Waals surface area contributed by atoms with Crippen LogP contribution in [0.1, 0.15) is 33.4 Å². The normalized spacial score (nSPS) is 11.1. The maximum atomic E-state index is 5.44. The summed E-state index contributed by atoms with van der Waals surface area (Å²) >= 11 is 0. The lowest BCUT2D eigenvalue weighted by Crippen LogP contribution is -2.17. The Hall–Kier alpha value is -8.41. The lowest BCUT2D eigenvalue weighted by molar-refractivity contribution is 1.02. The van der Waals surface area contributed by atoms with E-state index < -0.39 is 0 Å². The molecule has 0 fully saturated rings. The minimum Gasteiger partial charge on any atom is -0.309 e. The van der Waals surface area contributed by atoms with Crippen LogP contribution in [0.3, 0.4) is 0 Å². The number of aromatic nitrogens is 3. The van der Waals surface area contributed by atoms with Crippen LogP contribution in [0.15, 0.2) is 212 Å². The number of anilines is 6. The van der Waals surface area contributed by atoms with E-state index in [1.165, 1.54) is 44.8 Å². The summed E-state index contributed by atoms with van der Waals surface area (Å²) in [5, 5.41) is 0. The number of nitrogens with zero attached hydrogens (tertiary/aromatic N) is 5. The summed E-state index contributed by atoms with van der Waals surface area (Å²) in [4.78, 5) is 20.6. The van der Waals surface area contributed by atoms with E-state index in [1.54, 1.807) is 0 Å². The van der Waals surface area contributed by atoms with Crippen LogP contribution >= 0.6 is 0 Å². The van der Waals surface area contributed by atoms with Crippen LogP contribution in [0.25, 0.3) is 56.2 Å². The molecule has 330 valence electrons. The minimum absolute atomic E-state index is 0.507. The predicted octanol–water partition coefficient (Wildman–Crippen LogP) is 17.0. The monoisotopic (exact) mass is 879 g/mol. The van der Waals surface area contributed by atoms with Gasteiger partial charge in [0.25, 0.3) is 0 Å². The molecule has 0 radical (unpaired) electrons. The molecule has 5 heteroatoms. The Morgan fingerprint density at radius 3 is 0.985 bits per heavy atom. The average molecular weight is 880 g/mol. The van der Waals surface area contributed by atoms with Gasteiger partial charge in [0.2, 0.25) is 5.95 Å². The summed E-state index contributed by atoms with van der Waals surface area (Å²) in [7, 11) is 0. The zero-order valence-electron chi connectivity index (χ0n) is 39.4. The van der Waals surface area contributed by atoms with Crippen LogP contribution in [0, 0.1) is 41.5 Å². The molecule has 0 aliphatic carbocycles. The Kier molecular flexibility index (Phi) is 12.0. The summed E-state index contributed by atoms with van der Waals surface area (Å²) in [6.07, 6.45) is 0. The molecule has 0 aliphatic rings. The van der Waals surface area contributed by atoms with Gasteiger partial charge in [0, 0.05) is 28.2 Å². The van der Waals surface area contributed by atoms with Gasteiger partial charge in [0.1, 0.15) is 0 Å². The highest BCUT2D eigenvalue weighted by atomic mass is 15.3. The maximum Gasteiger partial charge on any atom is 0.238 e. The molecule has 0 saturated heterocycles. The summed E-state index contributed by atoms with van der Waals surface area (Å²) in [6.45, 7) is 13.2. The average Bonchev–Trinajstić information content (AvgIpc) is 3.37. The van der Waals surface area contributed by atoms with Crippen molar-refractivity contribution in [3.05, 3.63) is 246 Å². The predicted molar refractivity (Wildman–Crippen MR) is 285 cm³/mol. The largest absolute Gasteiger partial charge is 0.309 e. The second-order valence-corrected chi connectivity index (χ2v) is 17.8. The Morgan fingerprint density at radius 1 is 0.265 bits per heavy atom. The van der Waals surface area contributed by atoms with E-state index in [0.29, 0.717) is 17.6 Å². The smallest absolute Gasteiger partial charge is 0.238 e. The number of hydrogen-bond donors (Lipinski definition) is 0. The zero-order chi connectivity index (χ0) is 46.7. The van der Waals surface area contributed by atoms with Crippen molar-refractivity contribution in [3.63, 3.8) is 0 Å². The molecule has 1 aromatic heterocycles. The van der Waals surface area contributed by atoms with Gasteiger partial charge in [-0.15, -0.1) is 0 Å². The third-order valence-electron chi connectivity index (χ3n) is 12.6. The van der Waals surface area contributed by atoms with Gasteiger partial charge in [0.15, 0.2) is 11.6 Å². The first-order valence-corrected chi connectivity index (χ1v) is 23.3. The fourth-order valence-corrected chi connectivity index (χ4v) is 9.65. The zero-order valence-corrected chi connectivity index (χ0v) is 39.4. The van der Waals surface area contributed by atoms with Crippen LogP contribution in [-0.4, -0.2) is 15.0 Å². The molecule has 10 aromatic rings. The van der Waals surface area contributed by atoms with Crippen molar-refractivity contribution in [3.8, 4) is 56.2 Å². The van der Waals surface area contributed by atoms with Gasteiger partial charge in [-0.1, -0.05) is 169 Å². The Morgan fingerprint density at radius 2 is 0.574 bits per heavy atom. The Bertz CT molecular complexity index is 3210. The molecule has 10 rings (SSSR count). The van der Waals surface area contributed by atoms with E-state index >= 15 is 0 Å². The standard InChI is InChI=1S/C63H53N5/c1-42-35-44(3)59(45(4)36-42)68(60-46(5)37-43(2)38-47(60)6)58-33-31-57(32-34-58)67(56-29-27-51(28-30-56)48-19-11-7-12-20-48)63-65-61(52-25-17-10-18-26-52)64-62(66-63)55-40-53(49-21-13-8-14-22-49)39-54(41-55)50-23-15-9-16-24-50/h7-41H,1-6H3. The topological polar surface area (TPSA) is 45.2 Å². The fourth-order valence-electron chi connectivity index (χ4n) is 9.65. The van der Waals surface area contributed by atoms with E-state index in [2.05, 4.69) is 239 Å². The summed E-state index contributed by atoms with van der Waals surface area (Å²) in [5.74, 6) is 1.67. The minimum atomic E-state index is 0.507. The van der Waals surface area contributed by atoms with Crippen molar-refractivity contribution in [2.24, 2.45) is 0 Å². The molecule has 68 heavy (non-hydrogen) atoms. The van der Waals surface area contributed by atoms with Crippen LogP contribution in [0.2, 0.25) is 0 Å². The van der Waals surface area contributed by atoms with Crippen molar-refractivity contribution in [2.75, 3.05) is 9.80 Å². The third kappa shape index (κ3) is 8.94. The summed E-state index contributed by atoms with van der Waals surface area (Å²) in [6, 6.07) is 75.0. The quantitative estimate of drug-likeness (QED) is 0.130. The Balaban J connectivity index is 1.18. The van der Waals surface area contributed by atoms with Crippen LogP contribution in [0.4, 0.5) is 34.4 Å². The molecule has 5 nitrogen and oxygen atoms in total. The van der Waals surface area contributed by atoms with E-state index in [1.807, 2.05) is 24.3 Å². The van der Waals surface area contributed by atoms with E-state index in [0.717, 1.165) is 61.6 Å². The van der Waals surface area contributed by atoms with Crippen molar-refractivity contribution in [1.29, 1.82) is 0 Å². The molecule has 0 saturated carbocycles. The van der Waals surface area contributed by atoms with Crippen molar-refractivity contribution < 1.29 is 0 Å². The van der Waals surface area contributed by atoms with Gasteiger partial charge in [-0.25, -0.2) is 4.98 Å². The molecule has 0 spiro atoms. The molecule has 0 amide bonds. The van der Waals surface area contributed by atoms with Crippen molar-refractivity contribution in [2.45, 2.75) is 41.5 Å². The molecule has 0 N–H and O–H groups in total. The first-order chi connectivity index (χ1) is 33.2. The molecule has 0 unspecified atom stereocenters. The molecule has 1 heterocycles. The van der Waals surface area contributed by atoms with Gasteiger partial charge < -0.3 is 4.90 Å². The maximum absolute atomic E-state index is 5.44. The van der Waals surface area contributed by atoms with Crippen molar-refractivity contribution in [1.82, 2.24) is 15.0 Å². The van der Waals surface area contributed by atoms with Gasteiger partial charge in [-0.3, -0.25) is 4.90 Å². The van der Waals surface area contributed by atoms with Gasteiger partial charge in [0.05, 0.1) is 11.4 Å². The van der Waals surface area contributed by atoms with Crippen LogP contribution in [-0.2, 0) is 0 Å². The molecular formula is C63H53N5. The lowest BCUT2D eigenvalue weighted by atomic mass is 9.96. The molecule has 0 atom stereocenters. The number of benzene rings is 9. The molecule has 0 bridgehead atoms. The van der Waals surface area contributed by atoms with E-state index in [9.17, 15) is 0 Å². The first-order valence-electron chi connectivity index (χ1n) is 23.3. The second-order valence-electron chi connectivity index (χ2n) is 17.8. The second kappa shape index (κ2) is 18.8. The SMILES string of the molecule is Cc1cc(C)c(N(c2ccc(N(c3ccc(-c4ccccc4)cc3)c3nc(-c4ccccc4)nc(-c4cc(-c5ccccc5)cc(-c5ccccc5)c4)n3)cc2)c2c(C)cc(C)cc2C)c(C)c1. The molecular weight excluding hydrogens is 827 g/mol. The highest BCUT2D eigenvalue weighted by Crippen LogP contribution is 2.44. The summed E-state index contributed by atoms with van der Waals surface area (Å²) < 4.78 is 0. The van der Waals surface area contributed by atoms with Gasteiger partial charge >= 0.3 is 0 Å².